The summed E-state index contributed by atoms with van der Waals surface area (Å²) in [6, 6.07) is 0.464. The molecule has 19 heavy (non-hydrogen) atoms. The average Bonchev–Trinajstić information content (AvgIpc) is 2.82. The van der Waals surface area contributed by atoms with E-state index in [1.54, 1.807) is 0 Å². The fourth-order valence-electron chi connectivity index (χ4n) is 3.02. The summed E-state index contributed by atoms with van der Waals surface area (Å²) in [6.45, 7) is 1.02. The summed E-state index contributed by atoms with van der Waals surface area (Å²) >= 11 is 0. The second-order valence-electron chi connectivity index (χ2n) is 5.53. The Kier molecular flexibility index (Phi) is 6.58. The van der Waals surface area contributed by atoms with Gasteiger partial charge in [0.05, 0.1) is 0 Å². The van der Waals surface area contributed by atoms with Crippen LogP contribution in [0.3, 0.4) is 0 Å². The van der Waals surface area contributed by atoms with Crippen molar-refractivity contribution in [3.05, 3.63) is 0 Å². The summed E-state index contributed by atoms with van der Waals surface area (Å²) in [5, 5.41) is 6.36. The molecule has 0 aromatic carbocycles. The molecule has 2 amide bonds. The number of halogens is 1. The van der Waals surface area contributed by atoms with E-state index in [9.17, 15) is 9.59 Å². The molecule has 0 bridgehead atoms. The molecule has 0 aromatic heterocycles. The zero-order chi connectivity index (χ0) is 13.0. The highest BCUT2D eigenvalue weighted by Gasteiger charge is 2.27. The summed E-state index contributed by atoms with van der Waals surface area (Å²) in [7, 11) is 0. The van der Waals surface area contributed by atoms with E-state index < -0.39 is 0 Å². The number of hydrogen-bond acceptors (Lipinski definition) is 3. The predicted octanol–water partition coefficient (Wildman–Crippen LogP) is 0.711. The molecule has 3 unspecified atom stereocenters. The quantitative estimate of drug-likeness (QED) is 0.713. The van der Waals surface area contributed by atoms with Gasteiger partial charge in [0.2, 0.25) is 11.8 Å². The molecular formula is C13H24ClN3O2. The molecule has 4 N–H and O–H groups in total. The van der Waals surface area contributed by atoms with Gasteiger partial charge in [-0.3, -0.25) is 9.59 Å². The van der Waals surface area contributed by atoms with Crippen molar-refractivity contribution in [2.45, 2.75) is 57.0 Å². The van der Waals surface area contributed by atoms with E-state index in [1.807, 2.05) is 0 Å². The van der Waals surface area contributed by atoms with Crippen molar-refractivity contribution in [2.24, 2.45) is 11.7 Å². The minimum Gasteiger partial charge on any atom is -0.369 e. The molecule has 2 rings (SSSR count). The second-order valence-corrected chi connectivity index (χ2v) is 5.53. The maximum atomic E-state index is 11.9. The van der Waals surface area contributed by atoms with Crippen LogP contribution in [0.15, 0.2) is 0 Å². The van der Waals surface area contributed by atoms with Gasteiger partial charge in [-0.25, -0.2) is 0 Å². The predicted molar refractivity (Wildman–Crippen MR) is 76.0 cm³/mol. The van der Waals surface area contributed by atoms with Crippen molar-refractivity contribution in [2.75, 3.05) is 6.54 Å². The molecule has 0 spiro atoms. The van der Waals surface area contributed by atoms with Crippen molar-refractivity contribution in [1.29, 1.82) is 0 Å². The van der Waals surface area contributed by atoms with E-state index in [0.29, 0.717) is 18.9 Å². The van der Waals surface area contributed by atoms with Gasteiger partial charge < -0.3 is 16.4 Å². The maximum Gasteiger partial charge on any atom is 0.221 e. The van der Waals surface area contributed by atoms with Crippen LogP contribution in [0.4, 0.5) is 0 Å². The lowest BCUT2D eigenvalue weighted by atomic mass is 9.85. The van der Waals surface area contributed by atoms with Crippen molar-refractivity contribution >= 4 is 24.2 Å². The van der Waals surface area contributed by atoms with Gasteiger partial charge in [0.1, 0.15) is 0 Å². The van der Waals surface area contributed by atoms with E-state index in [1.165, 1.54) is 0 Å². The molecule has 1 saturated heterocycles. The van der Waals surface area contributed by atoms with E-state index in [2.05, 4.69) is 10.6 Å². The third-order valence-electron chi connectivity index (χ3n) is 4.04. The minimum absolute atomic E-state index is 0. The van der Waals surface area contributed by atoms with E-state index in [4.69, 9.17) is 5.73 Å². The molecule has 3 atom stereocenters. The Morgan fingerprint density at radius 3 is 2.63 bits per heavy atom. The SMILES string of the molecule is Cl.NC(=O)C1CCCC(NC(=O)CC2CCCN2)C1. The van der Waals surface area contributed by atoms with Gasteiger partial charge in [-0.1, -0.05) is 6.42 Å². The Morgan fingerprint density at radius 1 is 1.21 bits per heavy atom. The average molecular weight is 290 g/mol. The van der Waals surface area contributed by atoms with Crippen LogP contribution in [-0.4, -0.2) is 30.4 Å². The summed E-state index contributed by atoms with van der Waals surface area (Å²) in [5.74, 6) is -0.190. The maximum absolute atomic E-state index is 11.9. The lowest BCUT2D eigenvalue weighted by molar-refractivity contribution is -0.125. The Hall–Kier alpha value is -0.810. The number of hydrogen-bond donors (Lipinski definition) is 3. The van der Waals surface area contributed by atoms with Gasteiger partial charge in [0.15, 0.2) is 0 Å². The molecule has 110 valence electrons. The smallest absolute Gasteiger partial charge is 0.221 e. The molecule has 1 heterocycles. The van der Waals surface area contributed by atoms with Gasteiger partial charge in [-0.15, -0.1) is 12.4 Å². The Morgan fingerprint density at radius 2 is 2.00 bits per heavy atom. The largest absolute Gasteiger partial charge is 0.369 e. The van der Waals surface area contributed by atoms with Crippen molar-refractivity contribution in [3.63, 3.8) is 0 Å². The van der Waals surface area contributed by atoms with Crippen molar-refractivity contribution < 1.29 is 9.59 Å². The number of nitrogens with two attached hydrogens (primary N) is 1. The van der Waals surface area contributed by atoms with Crippen LogP contribution in [0.5, 0.6) is 0 Å². The number of carbonyl (C=O) groups is 2. The van der Waals surface area contributed by atoms with Crippen molar-refractivity contribution in [1.82, 2.24) is 10.6 Å². The first-order valence-electron chi connectivity index (χ1n) is 6.97. The molecule has 0 radical (unpaired) electrons. The third-order valence-corrected chi connectivity index (χ3v) is 4.04. The van der Waals surface area contributed by atoms with Crippen LogP contribution in [0.1, 0.15) is 44.9 Å². The highest BCUT2D eigenvalue weighted by Crippen LogP contribution is 2.24. The fraction of sp³-hybridized carbons (Fsp3) is 0.846. The molecule has 2 fully saturated rings. The highest BCUT2D eigenvalue weighted by atomic mass is 35.5. The van der Waals surface area contributed by atoms with Crippen LogP contribution < -0.4 is 16.4 Å². The molecule has 5 nitrogen and oxygen atoms in total. The summed E-state index contributed by atoms with van der Waals surface area (Å²) in [5.41, 5.74) is 5.33. The minimum atomic E-state index is -0.230. The lowest BCUT2D eigenvalue weighted by Gasteiger charge is -2.28. The van der Waals surface area contributed by atoms with Crippen LogP contribution in [-0.2, 0) is 9.59 Å². The van der Waals surface area contributed by atoms with Crippen LogP contribution in [0.2, 0.25) is 0 Å². The summed E-state index contributed by atoms with van der Waals surface area (Å²) < 4.78 is 0. The topological polar surface area (TPSA) is 84.2 Å². The second kappa shape index (κ2) is 7.70. The molecule has 1 saturated carbocycles. The zero-order valence-electron chi connectivity index (χ0n) is 11.2. The summed E-state index contributed by atoms with van der Waals surface area (Å²) in [4.78, 5) is 23.0. The third kappa shape index (κ3) is 4.99. The number of carbonyl (C=O) groups excluding carboxylic acids is 2. The van der Waals surface area contributed by atoms with E-state index in [0.717, 1.165) is 38.6 Å². The molecule has 6 heteroatoms. The van der Waals surface area contributed by atoms with Gasteiger partial charge in [0, 0.05) is 24.4 Å². The number of rotatable bonds is 4. The number of amides is 2. The van der Waals surface area contributed by atoms with Crippen LogP contribution >= 0.6 is 12.4 Å². The normalized spacial score (nSPS) is 30.4. The fourth-order valence-corrected chi connectivity index (χ4v) is 3.02. The van der Waals surface area contributed by atoms with Gasteiger partial charge in [-0.2, -0.15) is 0 Å². The molecule has 1 aliphatic carbocycles. The van der Waals surface area contributed by atoms with Gasteiger partial charge >= 0.3 is 0 Å². The Labute approximate surface area is 120 Å². The highest BCUT2D eigenvalue weighted by molar-refractivity contribution is 5.85. The molecular weight excluding hydrogens is 266 g/mol. The number of nitrogens with one attached hydrogen (secondary N) is 2. The van der Waals surface area contributed by atoms with Gasteiger partial charge in [-0.05, 0) is 38.6 Å². The first kappa shape index (κ1) is 16.2. The van der Waals surface area contributed by atoms with Crippen LogP contribution in [0, 0.1) is 5.92 Å². The molecule has 2 aliphatic rings. The summed E-state index contributed by atoms with van der Waals surface area (Å²) in [6.07, 6.45) is 6.31. The van der Waals surface area contributed by atoms with Crippen molar-refractivity contribution in [3.8, 4) is 0 Å². The first-order chi connectivity index (χ1) is 8.65. The monoisotopic (exact) mass is 289 g/mol. The standard InChI is InChI=1S/C13H23N3O2.ClH/c14-13(18)9-3-1-4-11(7-9)16-12(17)8-10-5-2-6-15-10;/h9-11,15H,1-8H2,(H2,14,18)(H,16,17);1H. The van der Waals surface area contributed by atoms with Gasteiger partial charge in [0.25, 0.3) is 0 Å². The zero-order valence-corrected chi connectivity index (χ0v) is 12.0. The van der Waals surface area contributed by atoms with Crippen LogP contribution in [0.25, 0.3) is 0 Å². The Bertz CT molecular complexity index is 319. The Balaban J connectivity index is 0.00000180. The first-order valence-corrected chi connectivity index (χ1v) is 6.97. The lowest BCUT2D eigenvalue weighted by Crippen LogP contribution is -2.42. The molecule has 1 aliphatic heterocycles. The van der Waals surface area contributed by atoms with E-state index >= 15 is 0 Å². The van der Waals surface area contributed by atoms with E-state index in [-0.39, 0.29) is 36.2 Å². The molecule has 0 aromatic rings. The number of primary amides is 1.